The van der Waals surface area contributed by atoms with Crippen molar-refractivity contribution in [2.45, 2.75) is 31.9 Å². The van der Waals surface area contributed by atoms with E-state index in [2.05, 4.69) is 24.2 Å². The first kappa shape index (κ1) is 13.9. The van der Waals surface area contributed by atoms with Gasteiger partial charge in [-0.2, -0.15) is 0 Å². The van der Waals surface area contributed by atoms with Gasteiger partial charge in [0.25, 0.3) is 0 Å². The van der Waals surface area contributed by atoms with Crippen LogP contribution in [-0.4, -0.2) is 62.6 Å². The molecule has 0 aliphatic carbocycles. The lowest BCUT2D eigenvalue weighted by Crippen LogP contribution is -2.43. The van der Waals surface area contributed by atoms with E-state index in [1.807, 2.05) is 0 Å². The van der Waals surface area contributed by atoms with Crippen molar-refractivity contribution in [2.24, 2.45) is 5.92 Å². The summed E-state index contributed by atoms with van der Waals surface area (Å²) < 4.78 is 4.90. The summed E-state index contributed by atoms with van der Waals surface area (Å²) in [4.78, 5) is 2.38. The zero-order valence-corrected chi connectivity index (χ0v) is 10.8. The molecule has 1 fully saturated rings. The number of piperidine rings is 1. The van der Waals surface area contributed by atoms with Gasteiger partial charge in [0.15, 0.2) is 0 Å². The van der Waals surface area contributed by atoms with Gasteiger partial charge < -0.3 is 20.1 Å². The average Bonchev–Trinajstić information content (AvgIpc) is 2.27. The van der Waals surface area contributed by atoms with Gasteiger partial charge in [-0.3, -0.25) is 0 Å². The summed E-state index contributed by atoms with van der Waals surface area (Å²) in [5.74, 6) is 0.742. The highest BCUT2D eigenvalue weighted by atomic mass is 16.5. The number of hydrogen-bond donors (Lipinski definition) is 2. The Bertz CT molecular complexity index is 182. The fourth-order valence-electron chi connectivity index (χ4n) is 2.27. The second-order valence-electron chi connectivity index (χ2n) is 4.95. The van der Waals surface area contributed by atoms with E-state index in [0.29, 0.717) is 19.2 Å². The molecule has 1 aliphatic heterocycles. The topological polar surface area (TPSA) is 44.7 Å². The van der Waals surface area contributed by atoms with E-state index in [1.54, 1.807) is 7.11 Å². The summed E-state index contributed by atoms with van der Waals surface area (Å²) in [6, 6.07) is 0.486. The van der Waals surface area contributed by atoms with Crippen molar-refractivity contribution >= 4 is 0 Å². The smallest absolute Gasteiger partial charge is 0.0897 e. The van der Waals surface area contributed by atoms with Crippen LogP contribution in [0.4, 0.5) is 0 Å². The molecule has 1 aliphatic rings. The lowest BCUT2D eigenvalue weighted by atomic mass is 9.90. The summed E-state index contributed by atoms with van der Waals surface area (Å²) in [5, 5.41) is 12.9. The minimum atomic E-state index is -0.390. The zero-order valence-electron chi connectivity index (χ0n) is 10.8. The summed E-state index contributed by atoms with van der Waals surface area (Å²) in [5.41, 5.74) is 0. The van der Waals surface area contributed by atoms with Crippen LogP contribution in [0.15, 0.2) is 0 Å². The Kier molecular flexibility index (Phi) is 6.28. The molecule has 0 radical (unpaired) electrons. The first-order chi connectivity index (χ1) is 7.63. The van der Waals surface area contributed by atoms with Gasteiger partial charge in [-0.1, -0.05) is 0 Å². The Morgan fingerprint density at radius 3 is 2.62 bits per heavy atom. The number of likely N-dealkylation sites (tertiary alicyclic amines) is 1. The molecule has 16 heavy (non-hydrogen) atoms. The third-order valence-corrected chi connectivity index (χ3v) is 3.50. The number of aliphatic hydroxyl groups is 1. The largest absolute Gasteiger partial charge is 0.389 e. The highest BCUT2D eigenvalue weighted by molar-refractivity contribution is 4.79. The lowest BCUT2D eigenvalue weighted by molar-refractivity contribution is 0.0602. The van der Waals surface area contributed by atoms with Crippen LogP contribution in [0.25, 0.3) is 0 Å². The molecular formula is C12H26N2O2. The molecule has 0 bridgehead atoms. The van der Waals surface area contributed by atoms with Gasteiger partial charge in [0.2, 0.25) is 0 Å². The molecule has 2 N–H and O–H groups in total. The van der Waals surface area contributed by atoms with Gasteiger partial charge in [-0.05, 0) is 45.8 Å². The molecule has 1 saturated heterocycles. The van der Waals surface area contributed by atoms with Gasteiger partial charge in [-0.15, -0.1) is 0 Å². The van der Waals surface area contributed by atoms with E-state index in [0.717, 1.165) is 5.92 Å². The first-order valence-electron chi connectivity index (χ1n) is 6.22. The molecule has 0 aromatic rings. The maximum Gasteiger partial charge on any atom is 0.0897 e. The summed E-state index contributed by atoms with van der Waals surface area (Å²) >= 11 is 0. The summed E-state index contributed by atoms with van der Waals surface area (Å²) in [7, 11) is 3.79. The Hall–Kier alpha value is -0.160. The number of hydrogen-bond acceptors (Lipinski definition) is 4. The maximum atomic E-state index is 9.54. The third-order valence-electron chi connectivity index (χ3n) is 3.50. The molecule has 2 unspecified atom stereocenters. The normalized spacial score (nSPS) is 23.2. The molecule has 0 saturated carbocycles. The van der Waals surface area contributed by atoms with E-state index < -0.39 is 6.10 Å². The number of aliphatic hydroxyl groups excluding tert-OH is 1. The molecule has 0 aromatic carbocycles. The van der Waals surface area contributed by atoms with Gasteiger partial charge in [-0.25, -0.2) is 0 Å². The second kappa shape index (κ2) is 7.22. The van der Waals surface area contributed by atoms with Crippen LogP contribution in [0.3, 0.4) is 0 Å². The molecule has 4 nitrogen and oxygen atoms in total. The van der Waals surface area contributed by atoms with Gasteiger partial charge in [0, 0.05) is 19.7 Å². The minimum absolute atomic E-state index is 0.390. The maximum absolute atomic E-state index is 9.54. The van der Waals surface area contributed by atoms with Crippen molar-refractivity contribution in [1.82, 2.24) is 10.2 Å². The predicted molar refractivity (Wildman–Crippen MR) is 65.6 cm³/mol. The molecule has 1 rings (SSSR count). The highest BCUT2D eigenvalue weighted by Gasteiger charge is 2.22. The molecule has 2 atom stereocenters. The highest BCUT2D eigenvalue weighted by Crippen LogP contribution is 2.19. The number of rotatable bonds is 6. The number of methoxy groups -OCH3 is 1. The van der Waals surface area contributed by atoms with E-state index in [4.69, 9.17) is 4.74 Å². The van der Waals surface area contributed by atoms with Crippen LogP contribution in [-0.2, 0) is 4.74 Å². The van der Waals surface area contributed by atoms with Crippen LogP contribution in [0, 0.1) is 5.92 Å². The first-order valence-corrected chi connectivity index (χ1v) is 6.22. The fraction of sp³-hybridized carbons (Fsp3) is 1.00. The van der Waals surface area contributed by atoms with Crippen molar-refractivity contribution in [2.75, 3.05) is 40.4 Å². The van der Waals surface area contributed by atoms with Crippen LogP contribution in [0.2, 0.25) is 0 Å². The van der Waals surface area contributed by atoms with Gasteiger partial charge in [0.1, 0.15) is 0 Å². The molecule has 4 heteroatoms. The van der Waals surface area contributed by atoms with Crippen molar-refractivity contribution in [3.63, 3.8) is 0 Å². The van der Waals surface area contributed by atoms with Crippen LogP contribution in [0.5, 0.6) is 0 Å². The third kappa shape index (κ3) is 4.78. The zero-order chi connectivity index (χ0) is 12.0. The van der Waals surface area contributed by atoms with E-state index >= 15 is 0 Å². The van der Waals surface area contributed by atoms with Crippen LogP contribution >= 0.6 is 0 Å². The average molecular weight is 230 g/mol. The molecule has 1 heterocycles. The quantitative estimate of drug-likeness (QED) is 0.689. The van der Waals surface area contributed by atoms with Gasteiger partial charge in [0.05, 0.1) is 12.7 Å². The minimum Gasteiger partial charge on any atom is -0.389 e. The Morgan fingerprint density at radius 1 is 1.44 bits per heavy atom. The lowest BCUT2D eigenvalue weighted by Gasteiger charge is -2.33. The molecule has 0 spiro atoms. The van der Waals surface area contributed by atoms with E-state index in [1.165, 1.54) is 25.9 Å². The van der Waals surface area contributed by atoms with Gasteiger partial charge >= 0.3 is 0 Å². The standard InChI is InChI=1S/C12H26N2O2/c1-10(13-8-12(15)9-16-3)11-4-6-14(2)7-5-11/h10-13,15H,4-9H2,1-3H3. The molecule has 96 valence electrons. The van der Waals surface area contributed by atoms with Crippen molar-refractivity contribution in [3.05, 3.63) is 0 Å². The molecular weight excluding hydrogens is 204 g/mol. The number of nitrogens with one attached hydrogen (secondary N) is 1. The fourth-order valence-corrected chi connectivity index (χ4v) is 2.27. The van der Waals surface area contributed by atoms with Crippen LogP contribution in [0.1, 0.15) is 19.8 Å². The van der Waals surface area contributed by atoms with Crippen molar-refractivity contribution in [1.29, 1.82) is 0 Å². The predicted octanol–water partition coefficient (Wildman–Crippen LogP) is 0.314. The Balaban J connectivity index is 2.16. The second-order valence-corrected chi connectivity index (χ2v) is 4.95. The number of ether oxygens (including phenoxy) is 1. The summed E-state index contributed by atoms with van der Waals surface area (Å²) in [6.45, 7) is 5.64. The van der Waals surface area contributed by atoms with Crippen LogP contribution < -0.4 is 5.32 Å². The Morgan fingerprint density at radius 2 is 2.06 bits per heavy atom. The van der Waals surface area contributed by atoms with Crippen molar-refractivity contribution < 1.29 is 9.84 Å². The van der Waals surface area contributed by atoms with E-state index in [9.17, 15) is 5.11 Å². The van der Waals surface area contributed by atoms with Crippen molar-refractivity contribution in [3.8, 4) is 0 Å². The molecule has 0 aromatic heterocycles. The number of nitrogens with zero attached hydrogens (tertiary/aromatic N) is 1. The molecule has 0 amide bonds. The monoisotopic (exact) mass is 230 g/mol. The Labute approximate surface area is 99.0 Å². The van der Waals surface area contributed by atoms with E-state index in [-0.39, 0.29) is 0 Å². The SMILES string of the molecule is COCC(O)CNC(C)C1CCN(C)CC1. The summed E-state index contributed by atoms with van der Waals surface area (Å²) in [6.07, 6.45) is 2.12.